The Labute approximate surface area is 204 Å². The third kappa shape index (κ3) is 7.79. The van der Waals surface area contributed by atoms with Crippen LogP contribution in [0, 0.1) is 18.3 Å². The van der Waals surface area contributed by atoms with E-state index >= 15 is 0 Å². The van der Waals surface area contributed by atoms with Gasteiger partial charge in [0, 0.05) is 0 Å². The van der Waals surface area contributed by atoms with E-state index in [9.17, 15) is 0 Å². The summed E-state index contributed by atoms with van der Waals surface area (Å²) < 4.78 is 0. The number of hydrogen-bond donors (Lipinski definition) is 0. The topological polar surface area (TPSA) is 0 Å². The summed E-state index contributed by atoms with van der Waals surface area (Å²) in [4.78, 5) is 0. The van der Waals surface area contributed by atoms with Crippen molar-refractivity contribution in [3.63, 3.8) is 0 Å². The van der Waals surface area contributed by atoms with Gasteiger partial charge in [-0.25, -0.2) is 0 Å². The van der Waals surface area contributed by atoms with Crippen molar-refractivity contribution in [1.82, 2.24) is 0 Å². The molecule has 2 aliphatic rings. The van der Waals surface area contributed by atoms with Crippen LogP contribution in [-0.2, 0) is 25.8 Å². The van der Waals surface area contributed by atoms with E-state index in [1.807, 2.05) is 0 Å². The first kappa shape index (κ1) is 28.2. The van der Waals surface area contributed by atoms with Crippen molar-refractivity contribution < 1.29 is 50.7 Å². The van der Waals surface area contributed by atoms with Crippen LogP contribution in [0.3, 0.4) is 0 Å². The third-order valence-corrected chi connectivity index (χ3v) is 8.15. The number of allylic oxidation sites excluding steroid dienone is 4. The molecule has 2 unspecified atom stereocenters. The summed E-state index contributed by atoms with van der Waals surface area (Å²) in [5, 5.41) is 4.44. The summed E-state index contributed by atoms with van der Waals surface area (Å²) in [5.74, 6) is 1.62. The Morgan fingerprint density at radius 3 is 2.32 bits per heavy atom. The zero-order valence-corrected chi connectivity index (χ0v) is 23.0. The zero-order valence-electron chi connectivity index (χ0n) is 17.0. The normalized spacial score (nSPS) is 19.1. The van der Waals surface area contributed by atoms with Crippen LogP contribution in [-0.4, -0.2) is 12.3 Å². The van der Waals surface area contributed by atoms with Gasteiger partial charge in [0.2, 0.25) is 0 Å². The van der Waals surface area contributed by atoms with Crippen molar-refractivity contribution in [2.24, 2.45) is 11.8 Å². The number of benzene rings is 1. The van der Waals surface area contributed by atoms with Gasteiger partial charge in [-0.15, -0.1) is 52.3 Å². The molecule has 1 saturated carbocycles. The summed E-state index contributed by atoms with van der Waals surface area (Å²) in [6, 6.07) is 13.5. The fourth-order valence-electron chi connectivity index (χ4n) is 3.92. The number of halogens is 2. The first-order chi connectivity index (χ1) is 12.3. The molecular weight excluding hydrogens is 569 g/mol. The molecule has 1 fully saturated rings. The molecule has 0 radical (unpaired) electrons. The van der Waals surface area contributed by atoms with Crippen LogP contribution in [0.25, 0.3) is 10.8 Å². The molecule has 0 nitrogen and oxygen atoms in total. The maximum Gasteiger partial charge on any atom is 4.00 e. The van der Waals surface area contributed by atoms with Gasteiger partial charge >= 0.3 is 25.8 Å². The predicted molar refractivity (Wildman–Crippen MR) is 115 cm³/mol. The molecule has 0 spiro atoms. The molecule has 0 amide bonds. The molecule has 2 aromatic rings. The van der Waals surface area contributed by atoms with E-state index in [-0.39, 0.29) is 58.6 Å². The van der Waals surface area contributed by atoms with E-state index in [1.54, 1.807) is 5.30 Å². The molecule has 4 heteroatoms. The van der Waals surface area contributed by atoms with Crippen LogP contribution in [0.15, 0.2) is 60.7 Å². The monoisotopic (exact) mass is 600 g/mol. The Balaban J connectivity index is 0.000000525. The molecular formula is C24H31Cl2HfP. The second-order valence-electron chi connectivity index (χ2n) is 7.15. The van der Waals surface area contributed by atoms with Gasteiger partial charge in [0.05, 0.1) is 0 Å². The van der Waals surface area contributed by atoms with Gasteiger partial charge in [0.25, 0.3) is 0 Å². The largest absolute Gasteiger partial charge is 4.00 e. The molecule has 0 saturated heterocycles. The van der Waals surface area contributed by atoms with E-state index in [2.05, 4.69) is 81.0 Å². The van der Waals surface area contributed by atoms with Crippen LogP contribution in [0.1, 0.15) is 39.5 Å². The molecule has 0 aliphatic heterocycles. The maximum atomic E-state index is 2.42. The molecule has 0 heterocycles. The van der Waals surface area contributed by atoms with E-state index in [0.29, 0.717) is 0 Å². The first-order valence-electron chi connectivity index (χ1n) is 9.90. The summed E-state index contributed by atoms with van der Waals surface area (Å²) >= 11 is 0. The van der Waals surface area contributed by atoms with Crippen LogP contribution >= 0.6 is 7.92 Å². The Morgan fingerprint density at radius 1 is 1.00 bits per heavy atom. The minimum atomic E-state index is 0. The van der Waals surface area contributed by atoms with Gasteiger partial charge in [-0.2, -0.15) is 12.5 Å². The minimum absolute atomic E-state index is 0. The van der Waals surface area contributed by atoms with Crippen molar-refractivity contribution in [2.75, 3.05) is 12.3 Å². The number of hydrogen-bond acceptors (Lipinski definition) is 0. The number of rotatable bonds is 5. The van der Waals surface area contributed by atoms with Crippen LogP contribution < -0.4 is 30.1 Å². The standard InChI is InChI=1S/C15H20P.C9H11.2ClH.Hf/c1-3-9-16(10-4-2)15-11-13-7-5-6-8-14(13)12-15;1-2-5-9-7-3-6-8(9)4-1;;;/h5-8,11-12H,3-4,9-10H2,1-2H3;1-2,4-6,8-9H,3,7H2;2*1H;/q2*-1;;;+4/p-2. The second kappa shape index (κ2) is 15.1. The molecule has 0 aromatic heterocycles. The molecule has 2 aromatic carbocycles. The van der Waals surface area contributed by atoms with E-state index in [4.69, 9.17) is 0 Å². The maximum absolute atomic E-state index is 2.42. The van der Waals surface area contributed by atoms with Gasteiger partial charge in [-0.05, 0) is 18.2 Å². The summed E-state index contributed by atoms with van der Waals surface area (Å²) in [7, 11) is 0.0972. The van der Waals surface area contributed by atoms with E-state index in [0.717, 1.165) is 11.8 Å². The quantitative estimate of drug-likeness (QED) is 0.272. The Bertz CT molecular complexity index is 665. The van der Waals surface area contributed by atoms with Crippen molar-refractivity contribution in [3.8, 4) is 0 Å². The summed E-state index contributed by atoms with van der Waals surface area (Å²) in [6.07, 6.45) is 19.5. The number of fused-ring (bicyclic) bond motifs is 2. The third-order valence-electron chi connectivity index (χ3n) is 5.19. The molecule has 4 rings (SSSR count). The van der Waals surface area contributed by atoms with Crippen molar-refractivity contribution >= 4 is 24.0 Å². The zero-order chi connectivity index (χ0) is 17.5. The van der Waals surface area contributed by atoms with Crippen molar-refractivity contribution in [3.05, 3.63) is 67.1 Å². The summed E-state index contributed by atoms with van der Waals surface area (Å²) in [5.41, 5.74) is 0. The molecule has 28 heavy (non-hydrogen) atoms. The predicted octanol–water partition coefficient (Wildman–Crippen LogP) is 0.834. The summed E-state index contributed by atoms with van der Waals surface area (Å²) in [6.45, 7) is 4.60. The minimum Gasteiger partial charge on any atom is -1.00 e. The molecule has 150 valence electrons. The van der Waals surface area contributed by atoms with Gasteiger partial charge in [0.1, 0.15) is 0 Å². The van der Waals surface area contributed by atoms with Gasteiger partial charge in [-0.3, -0.25) is 0 Å². The van der Waals surface area contributed by atoms with Crippen molar-refractivity contribution in [1.29, 1.82) is 0 Å². The van der Waals surface area contributed by atoms with E-state index in [1.165, 1.54) is 48.8 Å². The average molecular weight is 600 g/mol. The Kier molecular flexibility index (Phi) is 15.2. The fraction of sp³-hybridized carbons (Fsp3) is 0.417. The average Bonchev–Trinajstić information content (AvgIpc) is 3.28. The smallest absolute Gasteiger partial charge is 1.00 e. The Morgan fingerprint density at radius 2 is 1.68 bits per heavy atom. The van der Waals surface area contributed by atoms with Gasteiger partial charge < -0.3 is 31.2 Å². The molecule has 2 aliphatic carbocycles. The van der Waals surface area contributed by atoms with E-state index < -0.39 is 0 Å². The van der Waals surface area contributed by atoms with Crippen LogP contribution in [0.4, 0.5) is 0 Å². The van der Waals surface area contributed by atoms with Gasteiger partial charge in [0.15, 0.2) is 0 Å². The second-order valence-corrected chi connectivity index (χ2v) is 9.64. The molecule has 2 atom stereocenters. The van der Waals surface area contributed by atoms with Crippen molar-refractivity contribution in [2.45, 2.75) is 39.5 Å². The SMILES string of the molecule is C1=CC2[CH-]CCC2C=C1.CCCP(CCC)c1cc2ccccc2[cH-]1.[Cl-].[Cl-].[Hf+4]. The van der Waals surface area contributed by atoms with Gasteiger partial charge in [-0.1, -0.05) is 65.3 Å². The Hall–Kier alpha value is 0.190. The van der Waals surface area contributed by atoms with Crippen LogP contribution in [0.5, 0.6) is 0 Å². The fourth-order valence-corrected chi connectivity index (χ4v) is 6.38. The van der Waals surface area contributed by atoms with Crippen LogP contribution in [0.2, 0.25) is 0 Å². The first-order valence-corrected chi connectivity index (χ1v) is 11.6. The molecule has 0 N–H and O–H groups in total. The molecule has 0 bridgehead atoms.